The summed E-state index contributed by atoms with van der Waals surface area (Å²) in [7, 11) is 0. The molecule has 0 saturated heterocycles. The van der Waals surface area contributed by atoms with E-state index in [1.54, 1.807) is 24.3 Å². The first-order valence-electron chi connectivity index (χ1n) is 6.06. The maximum atomic E-state index is 11.9. The minimum Gasteiger partial charge on any atom is -0.308 e. The topological polar surface area (TPSA) is 41.1 Å². The maximum absolute atomic E-state index is 11.9. The zero-order valence-electron chi connectivity index (χ0n) is 11.1. The third kappa shape index (κ3) is 3.65. The summed E-state index contributed by atoms with van der Waals surface area (Å²) in [6.07, 6.45) is 0. The van der Waals surface area contributed by atoms with E-state index >= 15 is 0 Å². The highest BCUT2D eigenvalue weighted by Crippen LogP contribution is 2.21. The average Bonchev–Trinajstić information content (AvgIpc) is 2.38. The van der Waals surface area contributed by atoms with Crippen LogP contribution in [0.25, 0.3) is 0 Å². The summed E-state index contributed by atoms with van der Waals surface area (Å²) in [5.74, 6) is 0. The molecule has 0 saturated carbocycles. The Morgan fingerprint density at radius 1 is 0.850 bits per heavy atom. The lowest BCUT2D eigenvalue weighted by molar-refractivity contribution is 0.262. The predicted octanol–water partition coefficient (Wildman–Crippen LogP) is 5.25. The Bertz CT molecular complexity index is 601. The standard InChI is InChI=1S/C15H14Cl2N2O/c1-9-7-11(3-5-13(9)16)18-15(20)19-12-4-6-14(17)10(2)8-12/h3-8H,1-2H3,(H2,18,19,20). The number of benzene rings is 2. The molecule has 2 aromatic carbocycles. The second-order valence-corrected chi connectivity index (χ2v) is 5.32. The van der Waals surface area contributed by atoms with Gasteiger partial charge in [0.25, 0.3) is 0 Å². The van der Waals surface area contributed by atoms with Crippen molar-refractivity contribution in [1.82, 2.24) is 0 Å². The van der Waals surface area contributed by atoms with Crippen molar-refractivity contribution in [2.45, 2.75) is 13.8 Å². The van der Waals surface area contributed by atoms with Crippen molar-refractivity contribution in [3.8, 4) is 0 Å². The Labute approximate surface area is 127 Å². The molecule has 5 heteroatoms. The lowest BCUT2D eigenvalue weighted by Crippen LogP contribution is -2.19. The predicted molar refractivity (Wildman–Crippen MR) is 85.0 cm³/mol. The fourth-order valence-corrected chi connectivity index (χ4v) is 1.97. The molecule has 0 atom stereocenters. The molecule has 0 aliphatic heterocycles. The number of carbonyl (C=O) groups is 1. The van der Waals surface area contributed by atoms with E-state index < -0.39 is 0 Å². The molecule has 2 aromatic rings. The van der Waals surface area contributed by atoms with Crippen LogP contribution in [-0.4, -0.2) is 6.03 Å². The molecule has 0 aromatic heterocycles. The molecule has 0 aliphatic carbocycles. The summed E-state index contributed by atoms with van der Waals surface area (Å²) in [6.45, 7) is 3.77. The Kier molecular flexibility index (Phi) is 4.53. The van der Waals surface area contributed by atoms with Crippen LogP contribution in [0.1, 0.15) is 11.1 Å². The lowest BCUT2D eigenvalue weighted by Gasteiger charge is -2.09. The molecule has 0 spiro atoms. The average molecular weight is 309 g/mol. The van der Waals surface area contributed by atoms with Crippen LogP contribution in [0.5, 0.6) is 0 Å². The van der Waals surface area contributed by atoms with Crippen molar-refractivity contribution in [3.63, 3.8) is 0 Å². The van der Waals surface area contributed by atoms with Gasteiger partial charge in [-0.1, -0.05) is 23.2 Å². The normalized spacial score (nSPS) is 10.2. The highest BCUT2D eigenvalue weighted by atomic mass is 35.5. The van der Waals surface area contributed by atoms with Gasteiger partial charge >= 0.3 is 6.03 Å². The van der Waals surface area contributed by atoms with Crippen molar-refractivity contribution >= 4 is 40.6 Å². The molecular weight excluding hydrogens is 295 g/mol. The van der Waals surface area contributed by atoms with Crippen LogP contribution in [0, 0.1) is 13.8 Å². The van der Waals surface area contributed by atoms with Gasteiger partial charge in [-0.25, -0.2) is 4.79 Å². The van der Waals surface area contributed by atoms with Crippen LogP contribution in [0.2, 0.25) is 10.0 Å². The number of halogens is 2. The van der Waals surface area contributed by atoms with E-state index in [0.717, 1.165) is 11.1 Å². The van der Waals surface area contributed by atoms with Crippen molar-refractivity contribution in [3.05, 3.63) is 57.6 Å². The first-order valence-corrected chi connectivity index (χ1v) is 6.81. The van der Waals surface area contributed by atoms with Gasteiger partial charge in [0.2, 0.25) is 0 Å². The minimum atomic E-state index is -0.312. The largest absolute Gasteiger partial charge is 0.323 e. The summed E-state index contributed by atoms with van der Waals surface area (Å²) < 4.78 is 0. The minimum absolute atomic E-state index is 0.312. The number of nitrogens with one attached hydrogen (secondary N) is 2. The summed E-state index contributed by atoms with van der Waals surface area (Å²) >= 11 is 11.9. The van der Waals surface area contributed by atoms with E-state index in [9.17, 15) is 4.79 Å². The second kappa shape index (κ2) is 6.16. The molecule has 0 aliphatic rings. The van der Waals surface area contributed by atoms with E-state index in [4.69, 9.17) is 23.2 Å². The number of amides is 2. The first-order chi connectivity index (χ1) is 9.45. The van der Waals surface area contributed by atoms with Crippen molar-refractivity contribution in [1.29, 1.82) is 0 Å². The number of aryl methyl sites for hydroxylation is 2. The number of carbonyl (C=O) groups excluding carboxylic acids is 1. The van der Waals surface area contributed by atoms with Crippen molar-refractivity contribution in [2.75, 3.05) is 10.6 Å². The highest BCUT2D eigenvalue weighted by molar-refractivity contribution is 6.31. The Morgan fingerprint density at radius 3 is 1.60 bits per heavy atom. The zero-order valence-corrected chi connectivity index (χ0v) is 12.6. The van der Waals surface area contributed by atoms with Crippen molar-refractivity contribution < 1.29 is 4.79 Å². The summed E-state index contributed by atoms with van der Waals surface area (Å²) in [6, 6.07) is 10.3. The van der Waals surface area contributed by atoms with Crippen LogP contribution in [0.15, 0.2) is 36.4 Å². The molecule has 104 valence electrons. The van der Waals surface area contributed by atoms with E-state index in [1.807, 2.05) is 26.0 Å². The van der Waals surface area contributed by atoms with Crippen LogP contribution in [-0.2, 0) is 0 Å². The molecule has 3 nitrogen and oxygen atoms in total. The fraction of sp³-hybridized carbons (Fsp3) is 0.133. The molecule has 2 rings (SSSR count). The Morgan fingerprint density at radius 2 is 1.25 bits per heavy atom. The van der Waals surface area contributed by atoms with Gasteiger partial charge in [-0.2, -0.15) is 0 Å². The highest BCUT2D eigenvalue weighted by Gasteiger charge is 2.05. The van der Waals surface area contributed by atoms with Gasteiger partial charge in [-0.15, -0.1) is 0 Å². The van der Waals surface area contributed by atoms with Crippen LogP contribution >= 0.6 is 23.2 Å². The van der Waals surface area contributed by atoms with E-state index in [0.29, 0.717) is 21.4 Å². The summed E-state index contributed by atoms with van der Waals surface area (Å²) in [5.41, 5.74) is 3.20. The first kappa shape index (κ1) is 14.7. The van der Waals surface area contributed by atoms with Gasteiger partial charge in [0, 0.05) is 21.4 Å². The summed E-state index contributed by atoms with van der Waals surface area (Å²) in [4.78, 5) is 11.9. The molecule has 0 heterocycles. The Balaban J connectivity index is 2.04. The quantitative estimate of drug-likeness (QED) is 0.781. The fourth-order valence-electron chi connectivity index (χ4n) is 1.74. The number of hydrogen-bond acceptors (Lipinski definition) is 1. The molecule has 0 radical (unpaired) electrons. The Hall–Kier alpha value is -1.71. The zero-order chi connectivity index (χ0) is 14.7. The van der Waals surface area contributed by atoms with Gasteiger partial charge in [0.15, 0.2) is 0 Å². The van der Waals surface area contributed by atoms with Gasteiger partial charge < -0.3 is 10.6 Å². The van der Waals surface area contributed by atoms with Crippen LogP contribution < -0.4 is 10.6 Å². The van der Waals surface area contributed by atoms with E-state index in [2.05, 4.69) is 10.6 Å². The molecule has 2 amide bonds. The van der Waals surface area contributed by atoms with E-state index in [1.165, 1.54) is 0 Å². The molecule has 0 bridgehead atoms. The van der Waals surface area contributed by atoms with Crippen LogP contribution in [0.4, 0.5) is 16.2 Å². The number of rotatable bonds is 2. The van der Waals surface area contributed by atoms with Gasteiger partial charge in [-0.3, -0.25) is 0 Å². The second-order valence-electron chi connectivity index (χ2n) is 4.51. The molecule has 0 unspecified atom stereocenters. The van der Waals surface area contributed by atoms with Gasteiger partial charge in [0.05, 0.1) is 0 Å². The maximum Gasteiger partial charge on any atom is 0.323 e. The van der Waals surface area contributed by atoms with Crippen LogP contribution in [0.3, 0.4) is 0 Å². The third-order valence-corrected chi connectivity index (χ3v) is 3.68. The molecule has 20 heavy (non-hydrogen) atoms. The summed E-state index contributed by atoms with van der Waals surface area (Å²) in [5, 5.41) is 6.84. The molecule has 2 N–H and O–H groups in total. The van der Waals surface area contributed by atoms with Crippen molar-refractivity contribution in [2.24, 2.45) is 0 Å². The van der Waals surface area contributed by atoms with Gasteiger partial charge in [0.1, 0.15) is 0 Å². The monoisotopic (exact) mass is 308 g/mol. The lowest BCUT2D eigenvalue weighted by atomic mass is 10.2. The smallest absolute Gasteiger partial charge is 0.308 e. The van der Waals surface area contributed by atoms with Gasteiger partial charge in [-0.05, 0) is 61.4 Å². The number of hydrogen-bond donors (Lipinski definition) is 2. The SMILES string of the molecule is Cc1cc(NC(=O)Nc2ccc(Cl)c(C)c2)ccc1Cl. The number of anilines is 2. The number of urea groups is 1. The molecule has 0 fully saturated rings. The molecular formula is C15H14Cl2N2O. The third-order valence-electron chi connectivity index (χ3n) is 2.83. The van der Waals surface area contributed by atoms with E-state index in [-0.39, 0.29) is 6.03 Å².